The highest BCUT2D eigenvalue weighted by atomic mass is 16.7. The lowest BCUT2D eigenvalue weighted by molar-refractivity contribution is -0.133. The molecule has 0 aromatic heterocycles. The molecular weight excluding hydrogens is 274 g/mol. The minimum Gasteiger partial charge on any atom is -0.483 e. The van der Waals surface area contributed by atoms with E-state index in [1.807, 2.05) is 11.8 Å². The van der Waals surface area contributed by atoms with E-state index < -0.39 is 0 Å². The third-order valence-corrected chi connectivity index (χ3v) is 3.73. The van der Waals surface area contributed by atoms with Crippen molar-refractivity contribution >= 4 is 5.91 Å². The summed E-state index contributed by atoms with van der Waals surface area (Å²) in [5, 5.41) is 9.40. The quantitative estimate of drug-likeness (QED) is 0.856. The summed E-state index contributed by atoms with van der Waals surface area (Å²) in [5.41, 5.74) is 0.585. The minimum atomic E-state index is -0.180. The van der Waals surface area contributed by atoms with Crippen LogP contribution in [0.4, 0.5) is 0 Å². The van der Waals surface area contributed by atoms with E-state index in [0.29, 0.717) is 35.4 Å². The molecule has 0 saturated heterocycles. The topological polar surface area (TPSA) is 68.2 Å². The molecule has 21 heavy (non-hydrogen) atoms. The van der Waals surface area contributed by atoms with Crippen LogP contribution in [0.1, 0.15) is 25.3 Å². The third-order valence-electron chi connectivity index (χ3n) is 3.73. The Labute approximate surface area is 123 Å². The maximum absolute atomic E-state index is 12.1. The predicted molar refractivity (Wildman–Crippen MR) is 74.4 cm³/mol. The fraction of sp³-hybridized carbons (Fsp3) is 0.533. The van der Waals surface area contributed by atoms with Crippen molar-refractivity contribution in [1.29, 1.82) is 0 Å². The van der Waals surface area contributed by atoms with Gasteiger partial charge in [0.2, 0.25) is 6.79 Å². The van der Waals surface area contributed by atoms with Gasteiger partial charge >= 0.3 is 0 Å². The highest BCUT2D eigenvalue weighted by molar-refractivity contribution is 5.78. The maximum Gasteiger partial charge on any atom is 0.260 e. The number of rotatable bonds is 6. The van der Waals surface area contributed by atoms with Crippen LogP contribution in [0.2, 0.25) is 0 Å². The monoisotopic (exact) mass is 293 g/mol. The summed E-state index contributed by atoms with van der Waals surface area (Å²) in [6.45, 7) is 2.61. The summed E-state index contributed by atoms with van der Waals surface area (Å²) in [4.78, 5) is 14.0. The number of carbonyl (C=O) groups excluding carboxylic acids is 1. The van der Waals surface area contributed by atoms with Gasteiger partial charge in [0.25, 0.3) is 5.91 Å². The van der Waals surface area contributed by atoms with Crippen molar-refractivity contribution in [2.24, 2.45) is 0 Å². The van der Waals surface area contributed by atoms with Crippen LogP contribution in [0.3, 0.4) is 0 Å². The molecule has 1 aliphatic heterocycles. The van der Waals surface area contributed by atoms with Crippen molar-refractivity contribution in [1.82, 2.24) is 4.90 Å². The van der Waals surface area contributed by atoms with Gasteiger partial charge in [0, 0.05) is 24.2 Å². The molecule has 1 amide bonds. The SMILES string of the molecule is CCN(C(=O)COc1cc2c(cc1CO)OCO2)C1CC1. The number of benzene rings is 1. The van der Waals surface area contributed by atoms with Crippen LogP contribution in [-0.4, -0.2) is 41.9 Å². The number of hydrogen-bond donors (Lipinski definition) is 1. The minimum absolute atomic E-state index is 0.0263. The van der Waals surface area contributed by atoms with Gasteiger partial charge < -0.3 is 24.2 Å². The molecule has 1 saturated carbocycles. The van der Waals surface area contributed by atoms with Gasteiger partial charge in [-0.2, -0.15) is 0 Å². The van der Waals surface area contributed by atoms with E-state index in [1.54, 1.807) is 12.1 Å². The van der Waals surface area contributed by atoms with E-state index >= 15 is 0 Å². The summed E-state index contributed by atoms with van der Waals surface area (Å²) < 4.78 is 16.1. The Bertz CT molecular complexity index is 541. The number of aliphatic hydroxyl groups is 1. The second kappa shape index (κ2) is 5.81. The number of nitrogens with zero attached hydrogens (tertiary/aromatic N) is 1. The molecule has 0 unspecified atom stereocenters. The van der Waals surface area contributed by atoms with Crippen molar-refractivity contribution in [3.8, 4) is 17.2 Å². The Morgan fingerprint density at radius 3 is 2.71 bits per heavy atom. The molecule has 3 rings (SSSR count). The van der Waals surface area contributed by atoms with Gasteiger partial charge in [-0.1, -0.05) is 0 Å². The van der Waals surface area contributed by atoms with E-state index in [0.717, 1.165) is 12.8 Å². The predicted octanol–water partition coefficient (Wildman–Crippen LogP) is 1.30. The van der Waals surface area contributed by atoms with Gasteiger partial charge in [-0.05, 0) is 25.8 Å². The first kappa shape index (κ1) is 14.0. The molecule has 1 aromatic rings. The average molecular weight is 293 g/mol. The number of hydrogen-bond acceptors (Lipinski definition) is 5. The van der Waals surface area contributed by atoms with Crippen molar-refractivity contribution in [3.05, 3.63) is 17.7 Å². The Morgan fingerprint density at radius 1 is 1.38 bits per heavy atom. The van der Waals surface area contributed by atoms with E-state index in [2.05, 4.69) is 0 Å². The van der Waals surface area contributed by atoms with Crippen LogP contribution in [0, 0.1) is 0 Å². The van der Waals surface area contributed by atoms with Gasteiger partial charge in [0.15, 0.2) is 18.1 Å². The number of likely N-dealkylation sites (N-methyl/N-ethyl adjacent to an activating group) is 1. The van der Waals surface area contributed by atoms with Gasteiger partial charge in [-0.15, -0.1) is 0 Å². The van der Waals surface area contributed by atoms with Crippen molar-refractivity contribution in [3.63, 3.8) is 0 Å². The molecule has 0 bridgehead atoms. The van der Waals surface area contributed by atoms with Crippen LogP contribution in [-0.2, 0) is 11.4 Å². The summed E-state index contributed by atoms with van der Waals surface area (Å²) in [5.74, 6) is 1.60. The maximum atomic E-state index is 12.1. The molecule has 114 valence electrons. The normalized spacial score (nSPS) is 15.9. The molecule has 6 heteroatoms. The number of amides is 1. The lowest BCUT2D eigenvalue weighted by atomic mass is 10.2. The first-order chi connectivity index (χ1) is 10.2. The van der Waals surface area contributed by atoms with Gasteiger partial charge in [0.1, 0.15) is 5.75 Å². The van der Waals surface area contributed by atoms with Gasteiger partial charge in [-0.3, -0.25) is 4.79 Å². The fourth-order valence-corrected chi connectivity index (χ4v) is 2.47. The first-order valence-corrected chi connectivity index (χ1v) is 7.18. The zero-order chi connectivity index (χ0) is 14.8. The Morgan fingerprint density at radius 2 is 2.10 bits per heavy atom. The van der Waals surface area contributed by atoms with E-state index in [-0.39, 0.29) is 25.9 Å². The zero-order valence-corrected chi connectivity index (χ0v) is 12.0. The van der Waals surface area contributed by atoms with E-state index in [1.165, 1.54) is 0 Å². The number of ether oxygens (including phenoxy) is 3. The number of fused-ring (bicyclic) bond motifs is 1. The molecule has 1 aromatic carbocycles. The number of carbonyl (C=O) groups is 1. The molecule has 6 nitrogen and oxygen atoms in total. The van der Waals surface area contributed by atoms with Gasteiger partial charge in [0.05, 0.1) is 6.61 Å². The van der Waals surface area contributed by atoms with Crippen molar-refractivity contribution in [2.75, 3.05) is 19.9 Å². The van der Waals surface area contributed by atoms with Crippen LogP contribution in [0.5, 0.6) is 17.2 Å². The Hall–Kier alpha value is -1.95. The summed E-state index contributed by atoms with van der Waals surface area (Å²) in [6.07, 6.45) is 2.15. The summed E-state index contributed by atoms with van der Waals surface area (Å²) >= 11 is 0. The number of aliphatic hydroxyl groups excluding tert-OH is 1. The van der Waals surface area contributed by atoms with Crippen LogP contribution in [0.15, 0.2) is 12.1 Å². The molecule has 1 heterocycles. The van der Waals surface area contributed by atoms with Gasteiger partial charge in [-0.25, -0.2) is 0 Å². The first-order valence-electron chi connectivity index (χ1n) is 7.18. The molecule has 0 radical (unpaired) electrons. The molecular formula is C15H19NO5. The molecule has 1 N–H and O–H groups in total. The Balaban J connectivity index is 1.68. The van der Waals surface area contributed by atoms with Crippen molar-refractivity contribution < 1.29 is 24.1 Å². The molecule has 1 aliphatic carbocycles. The van der Waals surface area contributed by atoms with E-state index in [9.17, 15) is 9.90 Å². The van der Waals surface area contributed by atoms with E-state index in [4.69, 9.17) is 14.2 Å². The highest BCUT2D eigenvalue weighted by Crippen LogP contribution is 2.38. The lowest BCUT2D eigenvalue weighted by Gasteiger charge is -2.20. The molecule has 1 fully saturated rings. The fourth-order valence-electron chi connectivity index (χ4n) is 2.47. The average Bonchev–Trinajstić information content (AvgIpc) is 3.22. The lowest BCUT2D eigenvalue weighted by Crippen LogP contribution is -2.36. The third kappa shape index (κ3) is 2.90. The van der Waals surface area contributed by atoms with Crippen LogP contribution >= 0.6 is 0 Å². The molecule has 0 atom stereocenters. The van der Waals surface area contributed by atoms with Crippen molar-refractivity contribution in [2.45, 2.75) is 32.4 Å². The van der Waals surface area contributed by atoms with Crippen LogP contribution in [0.25, 0.3) is 0 Å². The zero-order valence-electron chi connectivity index (χ0n) is 12.0. The molecule has 0 spiro atoms. The summed E-state index contributed by atoms with van der Waals surface area (Å²) in [7, 11) is 0. The largest absolute Gasteiger partial charge is 0.483 e. The Kier molecular flexibility index (Phi) is 3.88. The highest BCUT2D eigenvalue weighted by Gasteiger charge is 2.31. The smallest absolute Gasteiger partial charge is 0.260 e. The van der Waals surface area contributed by atoms with Crippen LogP contribution < -0.4 is 14.2 Å². The molecule has 2 aliphatic rings. The second-order valence-corrected chi connectivity index (χ2v) is 5.17. The standard InChI is InChI=1S/C15H19NO5/c1-2-16(11-3-4-11)15(18)8-19-12-6-14-13(20-9-21-14)5-10(12)7-17/h5-6,11,17H,2-4,7-9H2,1H3. The second-order valence-electron chi connectivity index (χ2n) is 5.17. The summed E-state index contributed by atoms with van der Waals surface area (Å²) in [6, 6.07) is 3.72.